The van der Waals surface area contributed by atoms with Gasteiger partial charge in [0.15, 0.2) is 0 Å². The molecule has 1 N–H and O–H groups in total. The molecule has 0 spiro atoms. The molecule has 178 valence electrons. The van der Waals surface area contributed by atoms with Crippen molar-refractivity contribution >= 4 is 33.3 Å². The van der Waals surface area contributed by atoms with Crippen molar-refractivity contribution in [2.75, 3.05) is 22.8 Å². The highest BCUT2D eigenvalue weighted by atomic mass is 32.2. The van der Waals surface area contributed by atoms with E-state index < -0.39 is 28.4 Å². The van der Waals surface area contributed by atoms with Gasteiger partial charge in [-0.05, 0) is 75.2 Å². The summed E-state index contributed by atoms with van der Waals surface area (Å²) >= 11 is 0. The van der Waals surface area contributed by atoms with Gasteiger partial charge in [0.1, 0.15) is 6.54 Å². The number of hydrogen-bond donors (Lipinski definition) is 1. The van der Waals surface area contributed by atoms with Crippen LogP contribution in [-0.4, -0.2) is 33.4 Å². The first kappa shape index (κ1) is 25.0. The second-order valence-electron chi connectivity index (χ2n) is 7.91. The highest BCUT2D eigenvalue weighted by Crippen LogP contribution is 2.26. The van der Waals surface area contributed by atoms with E-state index in [1.807, 2.05) is 26.8 Å². The zero-order valence-corrected chi connectivity index (χ0v) is 20.5. The Morgan fingerprint density at radius 2 is 1.59 bits per heavy atom. The molecule has 0 aliphatic carbocycles. The van der Waals surface area contributed by atoms with Crippen LogP contribution >= 0.6 is 0 Å². The van der Waals surface area contributed by atoms with Crippen LogP contribution in [0.4, 0.5) is 11.4 Å². The number of amides is 1. The summed E-state index contributed by atoms with van der Waals surface area (Å²) in [7, 11) is -4.04. The quantitative estimate of drug-likeness (QED) is 0.475. The van der Waals surface area contributed by atoms with E-state index in [1.54, 1.807) is 49.4 Å². The van der Waals surface area contributed by atoms with E-state index in [9.17, 15) is 18.0 Å². The van der Waals surface area contributed by atoms with Gasteiger partial charge in [-0.3, -0.25) is 9.10 Å². The minimum Gasteiger partial charge on any atom is -0.462 e. The molecule has 0 unspecified atom stereocenters. The maximum atomic E-state index is 13.6. The topological polar surface area (TPSA) is 92.8 Å². The van der Waals surface area contributed by atoms with E-state index >= 15 is 0 Å². The number of nitrogens with zero attached hydrogens (tertiary/aromatic N) is 1. The molecular weight excluding hydrogens is 452 g/mol. The number of hydrogen-bond acceptors (Lipinski definition) is 5. The van der Waals surface area contributed by atoms with Gasteiger partial charge in [-0.15, -0.1) is 0 Å². The van der Waals surface area contributed by atoms with Gasteiger partial charge >= 0.3 is 5.97 Å². The number of rotatable bonds is 8. The molecule has 0 fully saturated rings. The maximum absolute atomic E-state index is 13.6. The number of carbonyl (C=O) groups is 2. The van der Waals surface area contributed by atoms with Crippen LogP contribution in [-0.2, 0) is 19.6 Å². The van der Waals surface area contributed by atoms with Gasteiger partial charge in [-0.2, -0.15) is 0 Å². The van der Waals surface area contributed by atoms with Crippen molar-refractivity contribution in [3.05, 3.63) is 89.0 Å². The summed E-state index contributed by atoms with van der Waals surface area (Å²) in [4.78, 5) is 25.4. The Kier molecular flexibility index (Phi) is 7.73. The van der Waals surface area contributed by atoms with Crippen LogP contribution in [0.5, 0.6) is 0 Å². The second-order valence-corrected chi connectivity index (χ2v) is 9.77. The van der Waals surface area contributed by atoms with E-state index in [0.717, 1.165) is 21.0 Å². The minimum absolute atomic E-state index is 0.0797. The standard InChI is InChI=1S/C26H28N2O5S/c1-5-33-26(30)23-8-6-7-9-24(23)27-25(29)17-28(21-13-12-19(3)20(4)16-21)34(31,32)22-14-10-18(2)11-15-22/h6-16H,5,17H2,1-4H3,(H,27,29). The van der Waals surface area contributed by atoms with Gasteiger partial charge in [0.25, 0.3) is 10.0 Å². The monoisotopic (exact) mass is 480 g/mol. The van der Waals surface area contributed by atoms with Crippen LogP contribution in [0, 0.1) is 20.8 Å². The Balaban J connectivity index is 1.97. The lowest BCUT2D eigenvalue weighted by atomic mass is 10.1. The van der Waals surface area contributed by atoms with Crippen molar-refractivity contribution in [2.24, 2.45) is 0 Å². The van der Waals surface area contributed by atoms with Crippen LogP contribution in [0.25, 0.3) is 0 Å². The Morgan fingerprint density at radius 3 is 2.24 bits per heavy atom. The van der Waals surface area contributed by atoms with Crippen LogP contribution in [0.15, 0.2) is 71.6 Å². The molecular formula is C26H28N2O5S. The van der Waals surface area contributed by atoms with Gasteiger partial charge in [0.2, 0.25) is 5.91 Å². The number of para-hydroxylation sites is 1. The summed E-state index contributed by atoms with van der Waals surface area (Å²) in [5.41, 5.74) is 3.64. The molecule has 7 nitrogen and oxygen atoms in total. The van der Waals surface area contributed by atoms with Crippen LogP contribution in [0.3, 0.4) is 0 Å². The molecule has 3 aromatic rings. The molecule has 3 rings (SSSR count). The number of sulfonamides is 1. The average Bonchev–Trinajstić information content (AvgIpc) is 2.80. The molecule has 8 heteroatoms. The summed E-state index contributed by atoms with van der Waals surface area (Å²) in [6, 6.07) is 18.1. The molecule has 0 aromatic heterocycles. The fraction of sp³-hybridized carbons (Fsp3) is 0.231. The summed E-state index contributed by atoms with van der Waals surface area (Å²) in [5.74, 6) is -1.16. The predicted molar refractivity (Wildman–Crippen MR) is 133 cm³/mol. The van der Waals surface area contributed by atoms with E-state index in [4.69, 9.17) is 4.74 Å². The SMILES string of the molecule is CCOC(=O)c1ccccc1NC(=O)CN(c1ccc(C)c(C)c1)S(=O)(=O)c1ccc(C)cc1. The van der Waals surface area contributed by atoms with Gasteiger partial charge in [-0.25, -0.2) is 13.2 Å². The molecule has 0 atom stereocenters. The Labute approximate surface area is 200 Å². The van der Waals surface area contributed by atoms with Gasteiger partial charge in [0, 0.05) is 0 Å². The van der Waals surface area contributed by atoms with Crippen LogP contribution in [0.1, 0.15) is 34.0 Å². The Morgan fingerprint density at radius 1 is 0.912 bits per heavy atom. The molecule has 0 radical (unpaired) electrons. The number of anilines is 2. The van der Waals surface area contributed by atoms with Gasteiger partial charge in [-0.1, -0.05) is 35.9 Å². The number of ether oxygens (including phenoxy) is 1. The fourth-order valence-corrected chi connectivity index (χ4v) is 4.75. The number of carbonyl (C=O) groups excluding carboxylic acids is 2. The van der Waals surface area contributed by atoms with E-state index in [1.165, 1.54) is 18.2 Å². The number of esters is 1. The lowest BCUT2D eigenvalue weighted by Crippen LogP contribution is -2.38. The summed E-state index contributed by atoms with van der Waals surface area (Å²) < 4.78 is 33.2. The lowest BCUT2D eigenvalue weighted by molar-refractivity contribution is -0.114. The van der Waals surface area contributed by atoms with Crippen LogP contribution in [0.2, 0.25) is 0 Å². The number of nitrogens with one attached hydrogen (secondary N) is 1. The molecule has 3 aromatic carbocycles. The smallest absolute Gasteiger partial charge is 0.340 e. The Bertz CT molecular complexity index is 1300. The highest BCUT2D eigenvalue weighted by Gasteiger charge is 2.28. The number of benzene rings is 3. The van der Waals surface area contributed by atoms with Crippen molar-refractivity contribution < 1.29 is 22.7 Å². The maximum Gasteiger partial charge on any atom is 0.340 e. The third kappa shape index (κ3) is 5.63. The Hall–Kier alpha value is -3.65. The normalized spacial score (nSPS) is 11.1. The third-order valence-corrected chi connectivity index (χ3v) is 7.16. The second kappa shape index (κ2) is 10.5. The molecule has 0 aliphatic rings. The zero-order valence-electron chi connectivity index (χ0n) is 19.7. The van der Waals surface area contributed by atoms with Crippen molar-refractivity contribution in [1.82, 2.24) is 0 Å². The molecule has 1 amide bonds. The molecule has 0 aliphatic heterocycles. The van der Waals surface area contributed by atoms with Crippen molar-refractivity contribution in [3.8, 4) is 0 Å². The largest absolute Gasteiger partial charge is 0.462 e. The van der Waals surface area contributed by atoms with Gasteiger partial charge < -0.3 is 10.1 Å². The van der Waals surface area contributed by atoms with Crippen LogP contribution < -0.4 is 9.62 Å². The highest BCUT2D eigenvalue weighted by molar-refractivity contribution is 7.92. The first-order chi connectivity index (χ1) is 16.1. The third-order valence-electron chi connectivity index (χ3n) is 5.37. The van der Waals surface area contributed by atoms with Crippen molar-refractivity contribution in [2.45, 2.75) is 32.6 Å². The van der Waals surface area contributed by atoms with Gasteiger partial charge in [0.05, 0.1) is 28.4 Å². The van der Waals surface area contributed by atoms with Crippen molar-refractivity contribution in [1.29, 1.82) is 0 Å². The van der Waals surface area contributed by atoms with E-state index in [0.29, 0.717) is 5.69 Å². The average molecular weight is 481 g/mol. The van der Waals surface area contributed by atoms with E-state index in [2.05, 4.69) is 5.32 Å². The lowest BCUT2D eigenvalue weighted by Gasteiger charge is -2.25. The first-order valence-electron chi connectivity index (χ1n) is 10.9. The van der Waals surface area contributed by atoms with Crippen molar-refractivity contribution in [3.63, 3.8) is 0 Å². The fourth-order valence-electron chi connectivity index (χ4n) is 3.33. The summed E-state index contributed by atoms with van der Waals surface area (Å²) in [6.07, 6.45) is 0. The summed E-state index contributed by atoms with van der Waals surface area (Å²) in [6.45, 7) is 7.08. The molecule has 34 heavy (non-hydrogen) atoms. The van der Waals surface area contributed by atoms with E-state index in [-0.39, 0.29) is 22.8 Å². The zero-order chi connectivity index (χ0) is 24.9. The molecule has 0 saturated heterocycles. The molecule has 0 bridgehead atoms. The minimum atomic E-state index is -4.04. The molecule has 0 heterocycles. The first-order valence-corrected chi connectivity index (χ1v) is 12.3. The predicted octanol–water partition coefficient (Wildman–Crippen LogP) is 4.62. The number of aryl methyl sites for hydroxylation is 3. The molecule has 0 saturated carbocycles. The summed E-state index contributed by atoms with van der Waals surface area (Å²) in [5, 5.41) is 2.66.